The van der Waals surface area contributed by atoms with E-state index < -0.39 is 0 Å². The lowest BCUT2D eigenvalue weighted by atomic mass is 9.85. The number of rotatable bonds is 7. The van der Waals surface area contributed by atoms with Crippen LogP contribution in [-0.2, 0) is 0 Å². The van der Waals surface area contributed by atoms with Gasteiger partial charge in [0.05, 0.1) is 0 Å². The normalized spacial score (nSPS) is 18.1. The molecule has 1 saturated heterocycles. The molecule has 0 radical (unpaired) electrons. The first kappa shape index (κ1) is 21.7. The maximum Gasteiger partial charge on any atom is 0.194 e. The summed E-state index contributed by atoms with van der Waals surface area (Å²) in [5.41, 5.74) is 1.70. The molecule has 32 heavy (non-hydrogen) atoms. The number of thiophene rings is 1. The van der Waals surface area contributed by atoms with Gasteiger partial charge in [-0.3, -0.25) is 9.69 Å². The topological polar surface area (TPSA) is 29.5 Å². The molecule has 4 heteroatoms. The summed E-state index contributed by atoms with van der Waals surface area (Å²) >= 11 is 1.83. The first-order valence-corrected chi connectivity index (χ1v) is 13.1. The average molecular weight is 448 g/mol. The van der Waals surface area contributed by atoms with Gasteiger partial charge in [0.2, 0.25) is 0 Å². The largest absolute Gasteiger partial charge is 0.492 e. The molecule has 1 aliphatic heterocycles. The fourth-order valence-electron chi connectivity index (χ4n) is 5.27. The minimum atomic E-state index is 0.155. The molecule has 1 aromatic heterocycles. The predicted octanol–water partition coefficient (Wildman–Crippen LogP) is 7.04. The number of hydrogen-bond donors (Lipinski definition) is 0. The van der Waals surface area contributed by atoms with Crippen molar-refractivity contribution in [3.63, 3.8) is 0 Å². The molecule has 2 aromatic carbocycles. The summed E-state index contributed by atoms with van der Waals surface area (Å²) in [6, 6.07) is 16.2. The van der Waals surface area contributed by atoms with Gasteiger partial charge in [-0.25, -0.2) is 0 Å². The standard InChI is InChI=1S/C28H33NO2S/c30-27(21-13-15-23(16-14-21)31-20-19-29-17-7-2-8-18-29)26-24-11-5-6-12-25(24)32-28(26)22-9-3-1-4-10-22/h5-6,11-16,22H,1-4,7-10,17-20H2. The number of nitrogens with zero attached hydrogens (tertiary/aromatic N) is 1. The highest BCUT2D eigenvalue weighted by Crippen LogP contribution is 2.43. The van der Waals surface area contributed by atoms with E-state index in [1.165, 1.54) is 74.0 Å². The molecule has 0 amide bonds. The van der Waals surface area contributed by atoms with Crippen LogP contribution in [0.15, 0.2) is 48.5 Å². The van der Waals surface area contributed by atoms with Crippen LogP contribution in [0.5, 0.6) is 5.75 Å². The summed E-state index contributed by atoms with van der Waals surface area (Å²) in [4.78, 5) is 17.5. The van der Waals surface area contributed by atoms with Crippen molar-refractivity contribution in [1.29, 1.82) is 0 Å². The summed E-state index contributed by atoms with van der Waals surface area (Å²) in [6.45, 7) is 4.06. The van der Waals surface area contributed by atoms with Crippen LogP contribution in [0.4, 0.5) is 0 Å². The maximum absolute atomic E-state index is 13.7. The molecule has 2 fully saturated rings. The highest BCUT2D eigenvalue weighted by atomic mass is 32.1. The number of carbonyl (C=O) groups is 1. The van der Waals surface area contributed by atoms with E-state index in [2.05, 4.69) is 29.2 Å². The third kappa shape index (κ3) is 4.77. The van der Waals surface area contributed by atoms with Gasteiger partial charge < -0.3 is 4.74 Å². The number of ketones is 1. The van der Waals surface area contributed by atoms with Crippen molar-refractivity contribution in [3.8, 4) is 5.75 Å². The van der Waals surface area contributed by atoms with E-state index in [0.717, 1.165) is 28.8 Å². The van der Waals surface area contributed by atoms with Crippen LogP contribution < -0.4 is 4.74 Å². The van der Waals surface area contributed by atoms with Gasteiger partial charge in [-0.2, -0.15) is 0 Å². The average Bonchev–Trinajstić information content (AvgIpc) is 3.25. The number of benzene rings is 2. The summed E-state index contributed by atoms with van der Waals surface area (Å²) in [5, 5.41) is 1.12. The van der Waals surface area contributed by atoms with Crippen LogP contribution in [0.2, 0.25) is 0 Å². The van der Waals surface area contributed by atoms with Crippen LogP contribution in [0, 0.1) is 0 Å². The summed E-state index contributed by atoms with van der Waals surface area (Å²) in [6.07, 6.45) is 10.2. The monoisotopic (exact) mass is 447 g/mol. The van der Waals surface area contributed by atoms with Crippen molar-refractivity contribution in [1.82, 2.24) is 4.90 Å². The Morgan fingerprint density at radius 3 is 2.41 bits per heavy atom. The van der Waals surface area contributed by atoms with Crippen molar-refractivity contribution >= 4 is 27.2 Å². The minimum absolute atomic E-state index is 0.155. The maximum atomic E-state index is 13.7. The Balaban J connectivity index is 1.32. The number of likely N-dealkylation sites (tertiary alicyclic amines) is 1. The lowest BCUT2D eigenvalue weighted by molar-refractivity contribution is 0.103. The number of ether oxygens (including phenoxy) is 1. The van der Waals surface area contributed by atoms with Gasteiger partial charge in [0.1, 0.15) is 12.4 Å². The molecule has 2 heterocycles. The van der Waals surface area contributed by atoms with Crippen LogP contribution in [0.25, 0.3) is 10.1 Å². The zero-order valence-electron chi connectivity index (χ0n) is 18.9. The molecule has 3 nitrogen and oxygen atoms in total. The predicted molar refractivity (Wildman–Crippen MR) is 133 cm³/mol. The van der Waals surface area contributed by atoms with Crippen molar-refractivity contribution in [3.05, 3.63) is 64.5 Å². The SMILES string of the molecule is O=C(c1ccc(OCCN2CCCCC2)cc1)c1c(C2CCCCC2)sc2ccccc12. The summed E-state index contributed by atoms with van der Waals surface area (Å²) in [5.74, 6) is 1.53. The molecule has 0 unspecified atom stereocenters. The van der Waals surface area contributed by atoms with Gasteiger partial charge in [0, 0.05) is 32.6 Å². The molecular formula is C28H33NO2S. The van der Waals surface area contributed by atoms with E-state index in [1.54, 1.807) is 0 Å². The first-order valence-electron chi connectivity index (χ1n) is 12.3. The molecule has 168 valence electrons. The number of fused-ring (bicyclic) bond motifs is 1. The molecule has 1 saturated carbocycles. The molecular weight excluding hydrogens is 414 g/mol. The second kappa shape index (κ2) is 10.2. The zero-order valence-corrected chi connectivity index (χ0v) is 19.7. The van der Waals surface area contributed by atoms with Gasteiger partial charge in [0.15, 0.2) is 5.78 Å². The number of piperidine rings is 1. The third-order valence-corrected chi connectivity index (χ3v) is 8.40. The zero-order chi connectivity index (χ0) is 21.8. The van der Waals surface area contributed by atoms with Crippen LogP contribution >= 0.6 is 11.3 Å². The van der Waals surface area contributed by atoms with Crippen LogP contribution in [0.1, 0.15) is 78.1 Å². The van der Waals surface area contributed by atoms with E-state index in [1.807, 2.05) is 35.6 Å². The lowest BCUT2D eigenvalue weighted by Crippen LogP contribution is -2.33. The Bertz CT molecular complexity index is 1040. The Labute approximate surface area is 195 Å². The molecule has 0 N–H and O–H groups in total. The number of carbonyl (C=O) groups excluding carboxylic acids is 1. The Morgan fingerprint density at radius 1 is 0.906 bits per heavy atom. The van der Waals surface area contributed by atoms with E-state index in [0.29, 0.717) is 12.5 Å². The van der Waals surface area contributed by atoms with Gasteiger partial charge >= 0.3 is 0 Å². The van der Waals surface area contributed by atoms with E-state index in [9.17, 15) is 4.79 Å². The molecule has 0 atom stereocenters. The molecule has 0 bridgehead atoms. The fourth-order valence-corrected chi connectivity index (χ4v) is 6.64. The molecule has 2 aliphatic rings. The van der Waals surface area contributed by atoms with Crippen molar-refractivity contribution in [2.75, 3.05) is 26.2 Å². The molecule has 0 spiro atoms. The van der Waals surface area contributed by atoms with Gasteiger partial charge in [-0.15, -0.1) is 11.3 Å². The smallest absolute Gasteiger partial charge is 0.194 e. The highest BCUT2D eigenvalue weighted by Gasteiger charge is 2.26. The molecule has 1 aliphatic carbocycles. The van der Waals surface area contributed by atoms with Crippen LogP contribution in [-0.4, -0.2) is 36.9 Å². The van der Waals surface area contributed by atoms with Gasteiger partial charge in [-0.1, -0.05) is 43.9 Å². The Kier molecular flexibility index (Phi) is 6.89. The van der Waals surface area contributed by atoms with Gasteiger partial charge in [-0.05, 0) is 75.0 Å². The summed E-state index contributed by atoms with van der Waals surface area (Å²) < 4.78 is 7.20. The Morgan fingerprint density at radius 2 is 1.62 bits per heavy atom. The second-order valence-electron chi connectivity index (χ2n) is 9.28. The molecule has 3 aromatic rings. The quantitative estimate of drug-likeness (QED) is 0.364. The van der Waals surface area contributed by atoms with Gasteiger partial charge in [0.25, 0.3) is 0 Å². The van der Waals surface area contributed by atoms with E-state index in [4.69, 9.17) is 4.74 Å². The van der Waals surface area contributed by atoms with E-state index >= 15 is 0 Å². The minimum Gasteiger partial charge on any atom is -0.492 e. The third-order valence-electron chi connectivity index (χ3n) is 7.07. The van der Waals surface area contributed by atoms with Crippen molar-refractivity contribution < 1.29 is 9.53 Å². The number of hydrogen-bond acceptors (Lipinski definition) is 4. The van der Waals surface area contributed by atoms with E-state index in [-0.39, 0.29) is 5.78 Å². The molecule has 5 rings (SSSR count). The van der Waals surface area contributed by atoms with Crippen LogP contribution in [0.3, 0.4) is 0 Å². The summed E-state index contributed by atoms with van der Waals surface area (Å²) in [7, 11) is 0. The lowest BCUT2D eigenvalue weighted by Gasteiger charge is -2.26. The fraction of sp³-hybridized carbons (Fsp3) is 0.464. The highest BCUT2D eigenvalue weighted by molar-refractivity contribution is 7.19. The second-order valence-corrected chi connectivity index (χ2v) is 10.4. The van der Waals surface area contributed by atoms with Crippen molar-refractivity contribution in [2.45, 2.75) is 57.3 Å². The Hall–Kier alpha value is -2.17. The van der Waals surface area contributed by atoms with Crippen molar-refractivity contribution in [2.24, 2.45) is 0 Å². The first-order chi connectivity index (χ1) is 15.8.